The van der Waals surface area contributed by atoms with E-state index in [0.29, 0.717) is 19.6 Å². The van der Waals surface area contributed by atoms with E-state index in [1.807, 2.05) is 0 Å². The van der Waals surface area contributed by atoms with Gasteiger partial charge < -0.3 is 14.9 Å². The molecule has 132 valence electrons. The van der Waals surface area contributed by atoms with Crippen molar-refractivity contribution < 1.29 is 19.7 Å². The summed E-state index contributed by atoms with van der Waals surface area (Å²) >= 11 is 0. The Morgan fingerprint density at radius 2 is 1.23 bits per heavy atom. The number of hydrogen-bond acceptors (Lipinski definition) is 4. The topological polar surface area (TPSA) is 66.8 Å². The van der Waals surface area contributed by atoms with E-state index in [-0.39, 0.29) is 0 Å². The number of esters is 1. The number of rotatable bonds is 16. The van der Waals surface area contributed by atoms with Crippen molar-refractivity contribution in [2.75, 3.05) is 13.2 Å². The first-order chi connectivity index (χ1) is 10.7. The molecule has 0 rings (SSSR count). The fraction of sp³-hybridized carbons (Fsp3) is 0.944. The largest absolute Gasteiger partial charge is 0.464 e. The van der Waals surface area contributed by atoms with Gasteiger partial charge in [0, 0.05) is 6.61 Å². The minimum absolute atomic E-state index is 0.330. The number of ether oxygens (including phenoxy) is 1. The van der Waals surface area contributed by atoms with Crippen molar-refractivity contribution in [3.05, 3.63) is 0 Å². The van der Waals surface area contributed by atoms with E-state index >= 15 is 0 Å². The molecule has 1 atom stereocenters. The SMILES string of the molecule is CCOC(=O)C(O)CCCCCCCCCCCCCCO. The van der Waals surface area contributed by atoms with E-state index in [2.05, 4.69) is 0 Å². The van der Waals surface area contributed by atoms with E-state index in [0.717, 1.165) is 25.7 Å². The summed E-state index contributed by atoms with van der Waals surface area (Å²) in [5.74, 6) is -0.485. The highest BCUT2D eigenvalue weighted by atomic mass is 16.5. The maximum Gasteiger partial charge on any atom is 0.334 e. The smallest absolute Gasteiger partial charge is 0.334 e. The maximum absolute atomic E-state index is 11.2. The summed E-state index contributed by atoms with van der Waals surface area (Å²) < 4.78 is 4.77. The third-order valence-electron chi connectivity index (χ3n) is 3.94. The Morgan fingerprint density at radius 3 is 1.64 bits per heavy atom. The molecule has 0 spiro atoms. The number of unbranched alkanes of at least 4 members (excludes halogenated alkanes) is 11. The van der Waals surface area contributed by atoms with Crippen molar-refractivity contribution in [2.45, 2.75) is 96.5 Å². The third-order valence-corrected chi connectivity index (χ3v) is 3.94. The lowest BCUT2D eigenvalue weighted by atomic mass is 10.0. The molecule has 0 aromatic carbocycles. The van der Waals surface area contributed by atoms with Crippen LogP contribution < -0.4 is 0 Å². The molecule has 0 saturated heterocycles. The Bertz CT molecular complexity index is 243. The minimum Gasteiger partial charge on any atom is -0.464 e. The number of aliphatic hydroxyl groups excluding tert-OH is 2. The molecule has 0 aliphatic rings. The summed E-state index contributed by atoms with van der Waals surface area (Å²) in [6.45, 7) is 2.41. The van der Waals surface area contributed by atoms with Gasteiger partial charge in [-0.1, -0.05) is 70.6 Å². The van der Waals surface area contributed by atoms with Crippen LogP contribution in [0.4, 0.5) is 0 Å². The lowest BCUT2D eigenvalue weighted by Crippen LogP contribution is -2.22. The van der Waals surface area contributed by atoms with Crippen molar-refractivity contribution in [3.63, 3.8) is 0 Å². The lowest BCUT2D eigenvalue weighted by molar-refractivity contribution is -0.153. The minimum atomic E-state index is -0.939. The summed E-state index contributed by atoms with van der Waals surface area (Å²) in [5, 5.41) is 18.2. The Balaban J connectivity index is 3.15. The predicted octanol–water partition coefficient (Wildman–Crippen LogP) is 3.97. The summed E-state index contributed by atoms with van der Waals surface area (Å²) in [7, 11) is 0. The second-order valence-corrected chi connectivity index (χ2v) is 6.02. The molecule has 0 radical (unpaired) electrons. The molecule has 0 aliphatic heterocycles. The molecular weight excluding hydrogens is 280 g/mol. The molecule has 0 aromatic heterocycles. The van der Waals surface area contributed by atoms with Gasteiger partial charge in [0.25, 0.3) is 0 Å². The van der Waals surface area contributed by atoms with Crippen LogP contribution in [0.2, 0.25) is 0 Å². The number of carbonyl (C=O) groups is 1. The summed E-state index contributed by atoms with van der Waals surface area (Å²) in [6, 6.07) is 0. The van der Waals surface area contributed by atoms with Gasteiger partial charge in [-0.3, -0.25) is 0 Å². The van der Waals surface area contributed by atoms with Crippen molar-refractivity contribution in [3.8, 4) is 0 Å². The second kappa shape index (κ2) is 16.8. The normalized spacial score (nSPS) is 12.3. The van der Waals surface area contributed by atoms with Gasteiger partial charge in [-0.15, -0.1) is 0 Å². The molecule has 0 bridgehead atoms. The van der Waals surface area contributed by atoms with Crippen LogP contribution in [-0.2, 0) is 9.53 Å². The molecule has 0 amide bonds. The third kappa shape index (κ3) is 14.3. The zero-order chi connectivity index (χ0) is 16.5. The van der Waals surface area contributed by atoms with E-state index in [4.69, 9.17) is 9.84 Å². The van der Waals surface area contributed by atoms with E-state index in [9.17, 15) is 9.90 Å². The molecule has 0 fully saturated rings. The van der Waals surface area contributed by atoms with Gasteiger partial charge in [-0.05, 0) is 19.8 Å². The van der Waals surface area contributed by atoms with Crippen LogP contribution in [0.1, 0.15) is 90.4 Å². The number of hydrogen-bond donors (Lipinski definition) is 2. The molecule has 0 aromatic rings. The number of carbonyl (C=O) groups excluding carboxylic acids is 1. The van der Waals surface area contributed by atoms with Crippen LogP contribution in [0.3, 0.4) is 0 Å². The zero-order valence-corrected chi connectivity index (χ0v) is 14.4. The quantitative estimate of drug-likeness (QED) is 0.334. The Labute approximate surface area is 136 Å². The molecule has 4 heteroatoms. The molecule has 0 aliphatic carbocycles. The maximum atomic E-state index is 11.2. The van der Waals surface area contributed by atoms with Crippen LogP contribution in [0, 0.1) is 0 Å². The first-order valence-corrected chi connectivity index (χ1v) is 9.18. The molecule has 2 N–H and O–H groups in total. The predicted molar refractivity (Wildman–Crippen MR) is 89.7 cm³/mol. The fourth-order valence-corrected chi connectivity index (χ4v) is 2.57. The Hall–Kier alpha value is -0.610. The van der Waals surface area contributed by atoms with Gasteiger partial charge >= 0.3 is 5.97 Å². The van der Waals surface area contributed by atoms with E-state index in [1.165, 1.54) is 51.4 Å². The van der Waals surface area contributed by atoms with Gasteiger partial charge in [0.15, 0.2) is 6.10 Å². The number of aliphatic hydroxyl groups is 2. The van der Waals surface area contributed by atoms with Crippen LogP contribution >= 0.6 is 0 Å². The highest BCUT2D eigenvalue weighted by Gasteiger charge is 2.14. The van der Waals surface area contributed by atoms with Crippen LogP contribution in [-0.4, -0.2) is 35.5 Å². The molecule has 0 saturated carbocycles. The van der Waals surface area contributed by atoms with Crippen LogP contribution in [0.25, 0.3) is 0 Å². The fourth-order valence-electron chi connectivity index (χ4n) is 2.57. The van der Waals surface area contributed by atoms with Gasteiger partial charge in [-0.2, -0.15) is 0 Å². The molecular formula is C18H36O4. The Kier molecular flexibility index (Phi) is 16.3. The van der Waals surface area contributed by atoms with Crippen molar-refractivity contribution in [2.24, 2.45) is 0 Å². The summed E-state index contributed by atoms with van der Waals surface area (Å²) in [5.41, 5.74) is 0. The standard InChI is InChI=1S/C18H36O4/c1-2-22-18(21)17(20)15-13-11-9-7-5-3-4-6-8-10-12-14-16-19/h17,19-20H,2-16H2,1H3. The lowest BCUT2D eigenvalue weighted by Gasteiger charge is -2.09. The Morgan fingerprint density at radius 1 is 0.818 bits per heavy atom. The molecule has 4 nitrogen and oxygen atoms in total. The second-order valence-electron chi connectivity index (χ2n) is 6.02. The van der Waals surface area contributed by atoms with Crippen LogP contribution in [0.5, 0.6) is 0 Å². The average molecular weight is 316 g/mol. The highest BCUT2D eigenvalue weighted by molar-refractivity contribution is 5.74. The van der Waals surface area contributed by atoms with Crippen molar-refractivity contribution in [1.29, 1.82) is 0 Å². The van der Waals surface area contributed by atoms with Gasteiger partial charge in [0.2, 0.25) is 0 Å². The summed E-state index contributed by atoms with van der Waals surface area (Å²) in [6.07, 6.45) is 13.9. The first-order valence-electron chi connectivity index (χ1n) is 9.18. The molecule has 0 heterocycles. The van der Waals surface area contributed by atoms with E-state index in [1.54, 1.807) is 6.92 Å². The summed E-state index contributed by atoms with van der Waals surface area (Å²) in [4.78, 5) is 11.2. The molecule has 22 heavy (non-hydrogen) atoms. The first kappa shape index (κ1) is 21.4. The van der Waals surface area contributed by atoms with Gasteiger partial charge in [-0.25, -0.2) is 4.79 Å². The highest BCUT2D eigenvalue weighted by Crippen LogP contribution is 2.13. The van der Waals surface area contributed by atoms with E-state index < -0.39 is 12.1 Å². The van der Waals surface area contributed by atoms with Crippen LogP contribution in [0.15, 0.2) is 0 Å². The van der Waals surface area contributed by atoms with Crippen molar-refractivity contribution >= 4 is 5.97 Å². The monoisotopic (exact) mass is 316 g/mol. The zero-order valence-electron chi connectivity index (χ0n) is 14.4. The van der Waals surface area contributed by atoms with Gasteiger partial charge in [0.1, 0.15) is 0 Å². The average Bonchev–Trinajstić information content (AvgIpc) is 2.51. The van der Waals surface area contributed by atoms with Gasteiger partial charge in [0.05, 0.1) is 6.61 Å². The van der Waals surface area contributed by atoms with Crippen molar-refractivity contribution in [1.82, 2.24) is 0 Å². The molecule has 1 unspecified atom stereocenters.